The number of hydrogen-bond donors (Lipinski definition) is 1. The lowest BCUT2D eigenvalue weighted by atomic mass is 10.0. The maximum absolute atomic E-state index is 12.1. The van der Waals surface area contributed by atoms with Crippen molar-refractivity contribution in [1.29, 1.82) is 0 Å². The molecule has 3 rings (SSSR count). The zero-order valence-corrected chi connectivity index (χ0v) is 13.7. The van der Waals surface area contributed by atoms with E-state index in [2.05, 4.69) is 10.5 Å². The van der Waals surface area contributed by atoms with Crippen molar-refractivity contribution < 1.29 is 14.4 Å². The highest BCUT2D eigenvalue weighted by Gasteiger charge is 2.28. The summed E-state index contributed by atoms with van der Waals surface area (Å²) in [4.78, 5) is 17.4. The largest absolute Gasteiger partial charge is 0.382 e. The van der Waals surface area contributed by atoms with E-state index in [9.17, 15) is 4.79 Å². The third-order valence-corrected chi connectivity index (χ3v) is 4.50. The van der Waals surface area contributed by atoms with Gasteiger partial charge in [0.05, 0.1) is 5.71 Å². The minimum Gasteiger partial charge on any atom is -0.382 e. The van der Waals surface area contributed by atoms with Crippen molar-refractivity contribution in [3.8, 4) is 0 Å². The van der Waals surface area contributed by atoms with Crippen molar-refractivity contribution in [2.24, 2.45) is 11.1 Å². The second-order valence-corrected chi connectivity index (χ2v) is 6.44. The number of hydrogen-bond acceptors (Lipinski definition) is 4. The van der Waals surface area contributed by atoms with Gasteiger partial charge in [0.15, 0.2) is 0 Å². The van der Waals surface area contributed by atoms with E-state index in [1.165, 1.54) is 0 Å². The minimum atomic E-state index is -0.532. The summed E-state index contributed by atoms with van der Waals surface area (Å²) >= 11 is 5.87. The molecule has 124 valence electrons. The number of rotatable bonds is 6. The Morgan fingerprint density at radius 3 is 2.91 bits per heavy atom. The number of amides is 1. The molecule has 2 atom stereocenters. The second-order valence-electron chi connectivity index (χ2n) is 6.01. The first-order valence-corrected chi connectivity index (χ1v) is 8.44. The van der Waals surface area contributed by atoms with Crippen LogP contribution in [0, 0.1) is 5.92 Å². The van der Waals surface area contributed by atoms with Crippen molar-refractivity contribution in [2.45, 2.75) is 31.8 Å². The van der Waals surface area contributed by atoms with E-state index in [-0.39, 0.29) is 5.91 Å². The van der Waals surface area contributed by atoms with Crippen LogP contribution in [0.25, 0.3) is 0 Å². The Bertz CT molecular complexity index is 568. The molecule has 0 aliphatic carbocycles. The van der Waals surface area contributed by atoms with Crippen LogP contribution in [0.1, 0.15) is 31.2 Å². The number of benzene rings is 1. The van der Waals surface area contributed by atoms with Gasteiger partial charge in [-0.15, -0.1) is 0 Å². The first-order valence-electron chi connectivity index (χ1n) is 8.06. The van der Waals surface area contributed by atoms with E-state index < -0.39 is 6.10 Å². The molecule has 1 amide bonds. The van der Waals surface area contributed by atoms with Crippen LogP contribution in [0.3, 0.4) is 0 Å². The van der Waals surface area contributed by atoms with Gasteiger partial charge in [-0.3, -0.25) is 4.79 Å². The highest BCUT2D eigenvalue weighted by molar-refractivity contribution is 6.30. The summed E-state index contributed by atoms with van der Waals surface area (Å²) in [6, 6.07) is 7.38. The van der Waals surface area contributed by atoms with Crippen molar-refractivity contribution >= 4 is 23.2 Å². The van der Waals surface area contributed by atoms with Crippen LogP contribution in [0.2, 0.25) is 5.02 Å². The first-order chi connectivity index (χ1) is 11.2. The zero-order valence-electron chi connectivity index (χ0n) is 13.0. The molecule has 0 saturated carbocycles. The third kappa shape index (κ3) is 4.45. The number of nitrogens with zero attached hydrogens (tertiary/aromatic N) is 1. The van der Waals surface area contributed by atoms with E-state index in [0.29, 0.717) is 23.9 Å². The van der Waals surface area contributed by atoms with E-state index in [4.69, 9.17) is 21.2 Å². The van der Waals surface area contributed by atoms with E-state index in [1.54, 1.807) is 12.1 Å². The van der Waals surface area contributed by atoms with Gasteiger partial charge in [0.1, 0.15) is 0 Å². The maximum atomic E-state index is 12.1. The molecule has 1 N–H and O–H groups in total. The standard InChI is InChI=1S/C17H21ClN2O3/c18-14-5-3-13(4-6-14)15-10-16(23-20-15)17(21)19-8-1-2-12-7-9-22-11-12/h3-6,12,16H,1-2,7-11H2,(H,19,21)/t12-,16+/m0/s1. The van der Waals surface area contributed by atoms with E-state index in [1.807, 2.05) is 12.1 Å². The number of ether oxygens (including phenoxy) is 1. The van der Waals surface area contributed by atoms with Crippen LogP contribution in [0.5, 0.6) is 0 Å². The summed E-state index contributed by atoms with van der Waals surface area (Å²) in [6.07, 6.45) is 3.16. The molecule has 0 radical (unpaired) electrons. The number of carbonyl (C=O) groups is 1. The quantitative estimate of drug-likeness (QED) is 0.813. The van der Waals surface area contributed by atoms with Crippen LogP contribution in [0.4, 0.5) is 0 Å². The van der Waals surface area contributed by atoms with Gasteiger partial charge < -0.3 is 14.9 Å². The number of nitrogens with one attached hydrogen (secondary N) is 1. The van der Waals surface area contributed by atoms with Crippen LogP contribution in [-0.4, -0.2) is 37.5 Å². The summed E-state index contributed by atoms with van der Waals surface area (Å²) in [6.45, 7) is 2.40. The van der Waals surface area contributed by atoms with Crippen LogP contribution in [-0.2, 0) is 14.4 Å². The summed E-state index contributed by atoms with van der Waals surface area (Å²) in [5, 5.41) is 7.63. The lowest BCUT2D eigenvalue weighted by molar-refractivity contribution is -0.131. The Balaban J connectivity index is 1.39. The van der Waals surface area contributed by atoms with Gasteiger partial charge in [-0.05, 0) is 42.9 Å². The zero-order chi connectivity index (χ0) is 16.1. The van der Waals surface area contributed by atoms with Crippen molar-refractivity contribution in [2.75, 3.05) is 19.8 Å². The van der Waals surface area contributed by atoms with Gasteiger partial charge in [0.2, 0.25) is 6.10 Å². The minimum absolute atomic E-state index is 0.0969. The lowest BCUT2D eigenvalue weighted by Crippen LogP contribution is -2.35. The molecule has 5 nitrogen and oxygen atoms in total. The van der Waals surface area contributed by atoms with Crippen LogP contribution < -0.4 is 5.32 Å². The Labute approximate surface area is 141 Å². The fourth-order valence-electron chi connectivity index (χ4n) is 2.86. The Hall–Kier alpha value is -1.59. The van der Waals surface area contributed by atoms with Gasteiger partial charge in [-0.2, -0.15) is 0 Å². The highest BCUT2D eigenvalue weighted by Crippen LogP contribution is 2.19. The van der Waals surface area contributed by atoms with Crippen molar-refractivity contribution in [3.05, 3.63) is 34.9 Å². The average Bonchev–Trinajstić information content (AvgIpc) is 3.24. The molecule has 2 aliphatic rings. The van der Waals surface area contributed by atoms with Crippen LogP contribution >= 0.6 is 11.6 Å². The monoisotopic (exact) mass is 336 g/mol. The molecule has 2 aliphatic heterocycles. The molecule has 1 aromatic carbocycles. The molecular weight excluding hydrogens is 316 g/mol. The molecular formula is C17H21ClN2O3. The fourth-order valence-corrected chi connectivity index (χ4v) is 2.98. The van der Waals surface area contributed by atoms with Gasteiger partial charge in [-0.1, -0.05) is 28.9 Å². The normalized spacial score (nSPS) is 23.4. The number of halogens is 1. The van der Waals surface area contributed by atoms with Crippen LogP contribution in [0.15, 0.2) is 29.4 Å². The highest BCUT2D eigenvalue weighted by atomic mass is 35.5. The van der Waals surface area contributed by atoms with Gasteiger partial charge in [0.25, 0.3) is 5.91 Å². The summed E-state index contributed by atoms with van der Waals surface area (Å²) in [7, 11) is 0. The molecule has 0 spiro atoms. The maximum Gasteiger partial charge on any atom is 0.264 e. The van der Waals surface area contributed by atoms with E-state index >= 15 is 0 Å². The topological polar surface area (TPSA) is 59.9 Å². The summed E-state index contributed by atoms with van der Waals surface area (Å²) in [5.74, 6) is 0.551. The molecule has 1 fully saturated rings. The number of carbonyl (C=O) groups excluding carboxylic acids is 1. The molecule has 1 saturated heterocycles. The second kappa shape index (κ2) is 7.79. The van der Waals surface area contributed by atoms with Crippen molar-refractivity contribution in [1.82, 2.24) is 5.32 Å². The molecule has 6 heteroatoms. The molecule has 0 aromatic heterocycles. The van der Waals surface area contributed by atoms with Crippen molar-refractivity contribution in [3.63, 3.8) is 0 Å². The van der Waals surface area contributed by atoms with E-state index in [0.717, 1.165) is 43.8 Å². The number of oxime groups is 1. The SMILES string of the molecule is O=C(NCCC[C@H]1CCOC1)[C@H]1CC(c2ccc(Cl)cc2)=NO1. The Kier molecular flexibility index (Phi) is 5.51. The average molecular weight is 337 g/mol. The predicted molar refractivity (Wildman–Crippen MR) is 88.6 cm³/mol. The van der Waals surface area contributed by atoms with Gasteiger partial charge in [0, 0.05) is 31.2 Å². The lowest BCUT2D eigenvalue weighted by Gasteiger charge is -2.11. The molecule has 0 unspecified atom stereocenters. The third-order valence-electron chi connectivity index (χ3n) is 4.25. The van der Waals surface area contributed by atoms with Gasteiger partial charge in [-0.25, -0.2) is 0 Å². The van der Waals surface area contributed by atoms with Gasteiger partial charge >= 0.3 is 0 Å². The Morgan fingerprint density at radius 1 is 1.35 bits per heavy atom. The fraction of sp³-hybridized carbons (Fsp3) is 0.529. The molecule has 23 heavy (non-hydrogen) atoms. The molecule has 1 aromatic rings. The smallest absolute Gasteiger partial charge is 0.264 e. The summed E-state index contributed by atoms with van der Waals surface area (Å²) < 4.78 is 5.35. The Morgan fingerprint density at radius 2 is 2.17 bits per heavy atom. The first kappa shape index (κ1) is 16.3. The molecule has 0 bridgehead atoms. The predicted octanol–water partition coefficient (Wildman–Crippen LogP) is 2.77. The summed E-state index contributed by atoms with van der Waals surface area (Å²) in [5.41, 5.74) is 1.72. The molecule has 2 heterocycles.